The number of rotatable bonds is 4. The fourth-order valence-electron chi connectivity index (χ4n) is 3.51. The van der Waals surface area contributed by atoms with E-state index in [1.807, 2.05) is 18.2 Å². The summed E-state index contributed by atoms with van der Waals surface area (Å²) in [4.78, 5) is 13.4. The van der Waals surface area contributed by atoms with E-state index in [0.29, 0.717) is 0 Å². The summed E-state index contributed by atoms with van der Waals surface area (Å²) in [6, 6.07) is 28.1. The molecule has 0 fully saturated rings. The lowest BCUT2D eigenvalue weighted by Gasteiger charge is -2.27. The van der Waals surface area contributed by atoms with E-state index < -0.39 is 5.97 Å². The van der Waals surface area contributed by atoms with Crippen LogP contribution in [0.25, 0.3) is 10.8 Å². The molecule has 4 aromatic carbocycles. The molecule has 0 heterocycles. The number of aryl methyl sites for hydroxylation is 2. The highest BCUT2D eigenvalue weighted by atomic mass is 16.4. The number of benzene rings is 4. The number of fused-ring (bicyclic) bond motifs is 1. The first-order valence-corrected chi connectivity index (χ1v) is 9.22. The van der Waals surface area contributed by atoms with Crippen molar-refractivity contribution in [3.05, 3.63) is 102 Å². The molecule has 0 saturated carbocycles. The van der Waals surface area contributed by atoms with E-state index in [4.69, 9.17) is 0 Å². The van der Waals surface area contributed by atoms with Crippen molar-refractivity contribution in [3.8, 4) is 0 Å². The Hall–Kier alpha value is -3.59. The van der Waals surface area contributed by atoms with Gasteiger partial charge in [-0.3, -0.25) is 0 Å². The zero-order valence-electron chi connectivity index (χ0n) is 15.9. The van der Waals surface area contributed by atoms with Gasteiger partial charge in [0.05, 0.1) is 11.3 Å². The van der Waals surface area contributed by atoms with Gasteiger partial charge < -0.3 is 10.0 Å². The van der Waals surface area contributed by atoms with E-state index in [2.05, 4.69) is 73.3 Å². The first kappa shape index (κ1) is 17.8. The Bertz CT molecular complexity index is 1160. The first-order valence-electron chi connectivity index (χ1n) is 9.22. The summed E-state index contributed by atoms with van der Waals surface area (Å²) in [5, 5.41) is 11.6. The summed E-state index contributed by atoms with van der Waals surface area (Å²) in [5.41, 5.74) is 5.67. The third-order valence-corrected chi connectivity index (χ3v) is 4.89. The molecular weight excluding hydrogens is 346 g/mol. The summed E-state index contributed by atoms with van der Waals surface area (Å²) < 4.78 is 0. The van der Waals surface area contributed by atoms with Gasteiger partial charge in [-0.2, -0.15) is 0 Å². The SMILES string of the molecule is Cc1cccc(N(c2ccc(C(=O)O)cc2)c2cccc3ccc(C)cc23)c1. The van der Waals surface area contributed by atoms with Gasteiger partial charge in [-0.25, -0.2) is 4.79 Å². The van der Waals surface area contributed by atoms with Gasteiger partial charge in [0.25, 0.3) is 0 Å². The topological polar surface area (TPSA) is 40.5 Å². The van der Waals surface area contributed by atoms with Crippen LogP contribution in [0, 0.1) is 13.8 Å². The van der Waals surface area contributed by atoms with E-state index >= 15 is 0 Å². The third-order valence-electron chi connectivity index (χ3n) is 4.89. The molecule has 138 valence electrons. The highest BCUT2D eigenvalue weighted by molar-refractivity contribution is 5.99. The van der Waals surface area contributed by atoms with Gasteiger partial charge in [0.1, 0.15) is 0 Å². The normalized spacial score (nSPS) is 10.8. The molecule has 0 atom stereocenters. The van der Waals surface area contributed by atoms with E-state index in [0.717, 1.165) is 22.4 Å². The molecule has 0 aliphatic carbocycles. The van der Waals surface area contributed by atoms with Crippen LogP contribution in [-0.4, -0.2) is 11.1 Å². The molecule has 0 amide bonds. The maximum atomic E-state index is 11.3. The molecule has 0 aliphatic rings. The van der Waals surface area contributed by atoms with Crippen LogP contribution >= 0.6 is 0 Å². The minimum atomic E-state index is -0.922. The van der Waals surface area contributed by atoms with Crippen molar-refractivity contribution in [2.24, 2.45) is 0 Å². The van der Waals surface area contributed by atoms with Gasteiger partial charge in [-0.15, -0.1) is 0 Å². The Morgan fingerprint density at radius 1 is 0.750 bits per heavy atom. The number of carboxylic acids is 1. The fourth-order valence-corrected chi connectivity index (χ4v) is 3.51. The van der Waals surface area contributed by atoms with Crippen molar-refractivity contribution in [2.45, 2.75) is 13.8 Å². The molecule has 0 aliphatic heterocycles. The van der Waals surface area contributed by atoms with Crippen molar-refractivity contribution in [1.29, 1.82) is 0 Å². The van der Waals surface area contributed by atoms with Crippen LogP contribution in [0.5, 0.6) is 0 Å². The fraction of sp³-hybridized carbons (Fsp3) is 0.0800. The lowest BCUT2D eigenvalue weighted by atomic mass is 10.0. The molecule has 28 heavy (non-hydrogen) atoms. The second-order valence-electron chi connectivity index (χ2n) is 7.03. The predicted octanol–water partition coefficient (Wildman–Crippen LogP) is 6.62. The molecule has 0 aromatic heterocycles. The zero-order valence-corrected chi connectivity index (χ0v) is 15.9. The Balaban J connectivity index is 1.96. The molecule has 1 N–H and O–H groups in total. The second kappa shape index (κ2) is 7.20. The molecule has 3 nitrogen and oxygen atoms in total. The van der Waals surface area contributed by atoms with Crippen LogP contribution in [0.2, 0.25) is 0 Å². The molecule has 0 bridgehead atoms. The largest absolute Gasteiger partial charge is 0.478 e. The van der Waals surface area contributed by atoms with Gasteiger partial charge in [0, 0.05) is 16.8 Å². The minimum Gasteiger partial charge on any atom is -0.478 e. The minimum absolute atomic E-state index is 0.279. The summed E-state index contributed by atoms with van der Waals surface area (Å²) in [6.45, 7) is 4.16. The monoisotopic (exact) mass is 367 g/mol. The summed E-state index contributed by atoms with van der Waals surface area (Å²) >= 11 is 0. The lowest BCUT2D eigenvalue weighted by Crippen LogP contribution is -2.11. The molecule has 4 aromatic rings. The maximum absolute atomic E-state index is 11.3. The Morgan fingerprint density at radius 3 is 2.18 bits per heavy atom. The summed E-state index contributed by atoms with van der Waals surface area (Å²) in [5.74, 6) is -0.922. The van der Waals surface area contributed by atoms with E-state index in [-0.39, 0.29) is 5.56 Å². The van der Waals surface area contributed by atoms with Crippen molar-refractivity contribution in [3.63, 3.8) is 0 Å². The number of carboxylic acid groups (broad SMARTS) is 1. The number of hydrogen-bond donors (Lipinski definition) is 1. The van der Waals surface area contributed by atoms with E-state index in [1.165, 1.54) is 16.5 Å². The van der Waals surface area contributed by atoms with Crippen LogP contribution < -0.4 is 4.90 Å². The first-order chi connectivity index (χ1) is 13.5. The smallest absolute Gasteiger partial charge is 0.335 e. The number of anilines is 3. The molecule has 0 unspecified atom stereocenters. The van der Waals surface area contributed by atoms with Crippen molar-refractivity contribution < 1.29 is 9.90 Å². The average Bonchev–Trinajstić information content (AvgIpc) is 2.69. The molecule has 0 spiro atoms. The van der Waals surface area contributed by atoms with Crippen molar-refractivity contribution >= 4 is 33.8 Å². The molecule has 0 saturated heterocycles. The summed E-state index contributed by atoms with van der Waals surface area (Å²) in [6.07, 6.45) is 0. The Labute approximate surface area is 164 Å². The average molecular weight is 367 g/mol. The van der Waals surface area contributed by atoms with Crippen LogP contribution in [0.4, 0.5) is 17.1 Å². The van der Waals surface area contributed by atoms with Crippen LogP contribution in [0.3, 0.4) is 0 Å². The highest BCUT2D eigenvalue weighted by Crippen LogP contribution is 2.39. The van der Waals surface area contributed by atoms with Crippen LogP contribution in [0.1, 0.15) is 21.5 Å². The third kappa shape index (κ3) is 3.35. The quantitative estimate of drug-likeness (QED) is 0.440. The Kier molecular flexibility index (Phi) is 4.58. The highest BCUT2D eigenvalue weighted by Gasteiger charge is 2.16. The number of nitrogens with zero attached hydrogens (tertiary/aromatic N) is 1. The number of carbonyl (C=O) groups is 1. The number of aromatic carboxylic acids is 1. The standard InChI is InChI=1S/C25H21NO2/c1-17-5-3-7-22(15-17)26(21-13-11-20(12-14-21)25(27)28)24-8-4-6-19-10-9-18(2)16-23(19)24/h3-16H,1-2H3,(H,27,28). The van der Waals surface area contributed by atoms with Gasteiger partial charge in [-0.05, 0) is 73.3 Å². The van der Waals surface area contributed by atoms with Gasteiger partial charge in [0.15, 0.2) is 0 Å². The van der Waals surface area contributed by atoms with Gasteiger partial charge in [-0.1, -0.05) is 42.0 Å². The van der Waals surface area contributed by atoms with Gasteiger partial charge >= 0.3 is 5.97 Å². The van der Waals surface area contributed by atoms with Gasteiger partial charge in [0.2, 0.25) is 0 Å². The molecule has 3 heteroatoms. The molecular formula is C25H21NO2. The Morgan fingerprint density at radius 2 is 1.46 bits per heavy atom. The predicted molar refractivity (Wildman–Crippen MR) is 115 cm³/mol. The van der Waals surface area contributed by atoms with Crippen molar-refractivity contribution in [2.75, 3.05) is 4.90 Å². The maximum Gasteiger partial charge on any atom is 0.335 e. The summed E-state index contributed by atoms with van der Waals surface area (Å²) in [7, 11) is 0. The zero-order chi connectivity index (χ0) is 19.7. The molecule has 0 radical (unpaired) electrons. The van der Waals surface area contributed by atoms with E-state index in [9.17, 15) is 9.90 Å². The van der Waals surface area contributed by atoms with Crippen molar-refractivity contribution in [1.82, 2.24) is 0 Å². The molecule has 4 rings (SSSR count). The van der Waals surface area contributed by atoms with Crippen LogP contribution in [-0.2, 0) is 0 Å². The number of hydrogen-bond acceptors (Lipinski definition) is 2. The second-order valence-corrected chi connectivity index (χ2v) is 7.03. The lowest BCUT2D eigenvalue weighted by molar-refractivity contribution is 0.0697. The van der Waals surface area contributed by atoms with Crippen LogP contribution in [0.15, 0.2) is 84.9 Å². The van der Waals surface area contributed by atoms with E-state index in [1.54, 1.807) is 12.1 Å².